The molecule has 7 heteroatoms. The number of carbonyl (C=O) groups excluding carboxylic acids is 1. The van der Waals surface area contributed by atoms with Crippen molar-refractivity contribution in [1.29, 1.82) is 0 Å². The minimum atomic E-state index is -1.00. The Morgan fingerprint density at radius 2 is 2.11 bits per heavy atom. The number of pyridine rings is 1. The van der Waals surface area contributed by atoms with Gasteiger partial charge in [-0.15, -0.1) is 0 Å². The number of carbonyl (C=O) groups is 1. The molecule has 0 spiro atoms. The van der Waals surface area contributed by atoms with Crippen molar-refractivity contribution in [2.24, 2.45) is 0 Å². The lowest BCUT2D eigenvalue weighted by atomic mass is 10.1. The number of benzene rings is 1. The van der Waals surface area contributed by atoms with Gasteiger partial charge in [-0.05, 0) is 63.5 Å². The monoisotopic (exact) mass is 389 g/mol. The maximum atomic E-state index is 13.4. The fourth-order valence-electron chi connectivity index (χ4n) is 3.40. The van der Waals surface area contributed by atoms with Gasteiger partial charge in [0.15, 0.2) is 17.7 Å². The Bertz CT molecular complexity index is 780. The lowest BCUT2D eigenvalue weighted by Gasteiger charge is -2.33. The average Bonchev–Trinajstić information content (AvgIpc) is 2.98. The Morgan fingerprint density at radius 3 is 2.86 bits per heavy atom. The molecule has 1 aromatic heterocycles. The van der Waals surface area contributed by atoms with E-state index in [1.54, 1.807) is 18.0 Å². The van der Waals surface area contributed by atoms with Gasteiger partial charge in [-0.3, -0.25) is 9.78 Å². The summed E-state index contributed by atoms with van der Waals surface area (Å²) in [5.74, 6) is -2.02. The van der Waals surface area contributed by atoms with Gasteiger partial charge in [0.2, 0.25) is 0 Å². The van der Waals surface area contributed by atoms with E-state index >= 15 is 0 Å². The van der Waals surface area contributed by atoms with Crippen LogP contribution >= 0.6 is 0 Å². The maximum absolute atomic E-state index is 13.4. The standard InChI is InChI=1S/C21H25F2N3O2/c1-15(28-18-7-8-19(22)20(23)13-18)21(27)26(14-16-5-2-3-11-25-16)17-6-4-10-24-12-9-17/h2-3,5,7-8,11,13,15,17,24H,4,6,9-10,12,14H2,1H3. The molecule has 2 heterocycles. The highest BCUT2D eigenvalue weighted by Crippen LogP contribution is 2.21. The summed E-state index contributed by atoms with van der Waals surface area (Å²) in [5.41, 5.74) is 0.799. The second-order valence-corrected chi connectivity index (χ2v) is 6.96. The molecule has 1 aromatic carbocycles. The molecule has 28 heavy (non-hydrogen) atoms. The smallest absolute Gasteiger partial charge is 0.263 e. The molecule has 1 fully saturated rings. The third-order valence-corrected chi connectivity index (χ3v) is 4.88. The molecule has 150 valence electrons. The molecule has 1 N–H and O–H groups in total. The SMILES string of the molecule is CC(Oc1ccc(F)c(F)c1)C(=O)N(Cc1ccccn1)C1CCCNCC1. The molecule has 1 aliphatic rings. The second-order valence-electron chi connectivity index (χ2n) is 6.96. The molecule has 0 saturated carbocycles. The number of halogens is 2. The lowest BCUT2D eigenvalue weighted by molar-refractivity contribution is -0.141. The van der Waals surface area contributed by atoms with E-state index in [2.05, 4.69) is 10.3 Å². The van der Waals surface area contributed by atoms with E-state index in [4.69, 9.17) is 4.74 Å². The van der Waals surface area contributed by atoms with E-state index in [0.717, 1.165) is 50.2 Å². The van der Waals surface area contributed by atoms with Crippen molar-refractivity contribution >= 4 is 5.91 Å². The fraction of sp³-hybridized carbons (Fsp3) is 0.429. The Balaban J connectivity index is 1.76. The number of nitrogens with zero attached hydrogens (tertiary/aromatic N) is 2. The third-order valence-electron chi connectivity index (χ3n) is 4.88. The zero-order chi connectivity index (χ0) is 19.9. The van der Waals surface area contributed by atoms with Gasteiger partial charge in [0.1, 0.15) is 5.75 Å². The summed E-state index contributed by atoms with van der Waals surface area (Å²) in [6.07, 6.45) is 3.59. The first kappa shape index (κ1) is 20.2. The quantitative estimate of drug-likeness (QED) is 0.824. The topological polar surface area (TPSA) is 54.5 Å². The third kappa shape index (κ3) is 5.25. The molecule has 0 radical (unpaired) electrons. The Kier molecular flexibility index (Phi) is 6.92. The minimum Gasteiger partial charge on any atom is -0.481 e. The number of ether oxygens (including phenoxy) is 1. The van der Waals surface area contributed by atoms with E-state index in [1.807, 2.05) is 18.2 Å². The number of hydrogen-bond acceptors (Lipinski definition) is 4. The van der Waals surface area contributed by atoms with Gasteiger partial charge in [0, 0.05) is 18.3 Å². The van der Waals surface area contributed by atoms with Crippen LogP contribution in [0.3, 0.4) is 0 Å². The van der Waals surface area contributed by atoms with Gasteiger partial charge in [0.05, 0.1) is 12.2 Å². The number of aromatic nitrogens is 1. The van der Waals surface area contributed by atoms with E-state index in [-0.39, 0.29) is 17.7 Å². The summed E-state index contributed by atoms with van der Waals surface area (Å²) in [6.45, 7) is 3.79. The second kappa shape index (κ2) is 9.59. The van der Waals surface area contributed by atoms with Crippen LogP contribution in [0.1, 0.15) is 31.9 Å². The minimum absolute atomic E-state index is 0.0699. The normalized spacial score (nSPS) is 18.2. The number of nitrogens with one attached hydrogen (secondary N) is 1. The van der Waals surface area contributed by atoms with Crippen LogP contribution in [-0.2, 0) is 11.3 Å². The van der Waals surface area contributed by atoms with Gasteiger partial charge in [-0.25, -0.2) is 8.78 Å². The Labute approximate surface area is 163 Å². The molecular weight excluding hydrogens is 364 g/mol. The first-order valence-electron chi connectivity index (χ1n) is 9.57. The zero-order valence-electron chi connectivity index (χ0n) is 15.9. The van der Waals surface area contributed by atoms with Crippen molar-refractivity contribution in [3.8, 4) is 5.75 Å². The summed E-state index contributed by atoms with van der Waals surface area (Å²) >= 11 is 0. The zero-order valence-corrected chi connectivity index (χ0v) is 15.9. The highest BCUT2D eigenvalue weighted by molar-refractivity contribution is 5.81. The molecule has 1 aliphatic heterocycles. The van der Waals surface area contributed by atoms with Crippen molar-refractivity contribution in [3.63, 3.8) is 0 Å². The van der Waals surface area contributed by atoms with Crippen LogP contribution in [-0.4, -0.2) is 41.0 Å². The molecule has 5 nitrogen and oxygen atoms in total. The molecule has 2 unspecified atom stereocenters. The van der Waals surface area contributed by atoms with Gasteiger partial charge in [0.25, 0.3) is 5.91 Å². The van der Waals surface area contributed by atoms with Crippen LogP contribution in [0.5, 0.6) is 5.75 Å². The summed E-state index contributed by atoms with van der Waals surface area (Å²) < 4.78 is 32.2. The highest BCUT2D eigenvalue weighted by Gasteiger charge is 2.29. The van der Waals surface area contributed by atoms with Crippen LogP contribution in [0.15, 0.2) is 42.6 Å². The molecule has 0 aliphatic carbocycles. The lowest BCUT2D eigenvalue weighted by Crippen LogP contribution is -2.46. The van der Waals surface area contributed by atoms with Gasteiger partial charge < -0.3 is 15.0 Å². The van der Waals surface area contributed by atoms with Crippen molar-refractivity contribution in [1.82, 2.24) is 15.2 Å². The van der Waals surface area contributed by atoms with Crippen LogP contribution < -0.4 is 10.1 Å². The number of rotatable bonds is 6. The van der Waals surface area contributed by atoms with Crippen molar-refractivity contribution in [3.05, 3.63) is 59.9 Å². The first-order chi connectivity index (χ1) is 13.5. The van der Waals surface area contributed by atoms with Gasteiger partial charge in [-0.2, -0.15) is 0 Å². The van der Waals surface area contributed by atoms with Crippen molar-refractivity contribution in [2.45, 2.75) is 44.9 Å². The largest absolute Gasteiger partial charge is 0.481 e. The van der Waals surface area contributed by atoms with Gasteiger partial charge >= 0.3 is 0 Å². The van der Waals surface area contributed by atoms with E-state index in [1.165, 1.54) is 6.07 Å². The van der Waals surface area contributed by atoms with Crippen LogP contribution in [0, 0.1) is 11.6 Å². The molecule has 2 aromatic rings. The predicted octanol–water partition coefficient (Wildman–Crippen LogP) is 3.30. The summed E-state index contributed by atoms with van der Waals surface area (Å²) in [6, 6.07) is 8.95. The van der Waals surface area contributed by atoms with Gasteiger partial charge in [-0.1, -0.05) is 6.07 Å². The molecule has 1 amide bonds. The Morgan fingerprint density at radius 1 is 1.25 bits per heavy atom. The maximum Gasteiger partial charge on any atom is 0.263 e. The van der Waals surface area contributed by atoms with E-state index < -0.39 is 17.7 Å². The van der Waals surface area contributed by atoms with Crippen molar-refractivity contribution in [2.75, 3.05) is 13.1 Å². The fourth-order valence-corrected chi connectivity index (χ4v) is 3.40. The summed E-state index contributed by atoms with van der Waals surface area (Å²) in [4.78, 5) is 19.3. The Hall–Kier alpha value is -2.54. The van der Waals surface area contributed by atoms with Crippen molar-refractivity contribution < 1.29 is 18.3 Å². The molecule has 2 atom stereocenters. The number of hydrogen-bond donors (Lipinski definition) is 1. The molecule has 1 saturated heterocycles. The van der Waals surface area contributed by atoms with Crippen LogP contribution in [0.4, 0.5) is 8.78 Å². The summed E-state index contributed by atoms with van der Waals surface area (Å²) in [5, 5.41) is 3.35. The predicted molar refractivity (Wildman–Crippen MR) is 102 cm³/mol. The van der Waals surface area contributed by atoms with Crippen LogP contribution in [0.2, 0.25) is 0 Å². The average molecular weight is 389 g/mol. The molecular formula is C21H25F2N3O2. The van der Waals surface area contributed by atoms with E-state index in [0.29, 0.717) is 6.54 Å². The molecule has 0 bridgehead atoms. The van der Waals surface area contributed by atoms with Crippen LogP contribution in [0.25, 0.3) is 0 Å². The summed E-state index contributed by atoms with van der Waals surface area (Å²) in [7, 11) is 0. The number of amides is 1. The first-order valence-corrected chi connectivity index (χ1v) is 9.57. The van der Waals surface area contributed by atoms with E-state index in [9.17, 15) is 13.6 Å². The highest BCUT2D eigenvalue weighted by atomic mass is 19.2. The molecule has 3 rings (SSSR count).